The predicted molar refractivity (Wildman–Crippen MR) is 79.3 cm³/mol. The van der Waals surface area contributed by atoms with E-state index in [-0.39, 0.29) is 35.0 Å². The van der Waals surface area contributed by atoms with E-state index in [2.05, 4.69) is 0 Å². The zero-order valence-corrected chi connectivity index (χ0v) is 13.0. The standard InChI is InChI=1S/C16H20N2O4/c1-11(9-17-12(19)4-5-13(17)20)8-16(2,3)10-18-14(21)6-7-15(18)22/h4-7,11H,8-10H2,1-3H3. The molecule has 0 radical (unpaired) electrons. The number of amides is 4. The van der Waals surface area contributed by atoms with Crippen molar-refractivity contribution in [1.29, 1.82) is 0 Å². The van der Waals surface area contributed by atoms with E-state index in [0.717, 1.165) is 0 Å². The first-order valence-corrected chi connectivity index (χ1v) is 7.27. The highest BCUT2D eigenvalue weighted by molar-refractivity contribution is 6.13. The molecule has 0 aromatic carbocycles. The van der Waals surface area contributed by atoms with Crippen LogP contribution in [0.15, 0.2) is 24.3 Å². The summed E-state index contributed by atoms with van der Waals surface area (Å²) in [6.07, 6.45) is 5.77. The molecule has 0 saturated carbocycles. The van der Waals surface area contributed by atoms with Gasteiger partial charge in [-0.05, 0) is 17.8 Å². The average molecular weight is 304 g/mol. The fraction of sp³-hybridized carbons (Fsp3) is 0.500. The Morgan fingerprint density at radius 3 is 1.73 bits per heavy atom. The smallest absolute Gasteiger partial charge is 0.253 e. The lowest BCUT2D eigenvalue weighted by Crippen LogP contribution is -2.41. The molecule has 0 aliphatic carbocycles. The lowest BCUT2D eigenvalue weighted by atomic mass is 9.82. The molecule has 2 rings (SSSR count). The third-order valence-corrected chi connectivity index (χ3v) is 3.78. The topological polar surface area (TPSA) is 74.8 Å². The minimum Gasteiger partial charge on any atom is -0.275 e. The Kier molecular flexibility index (Phi) is 4.30. The first-order chi connectivity index (χ1) is 10.2. The van der Waals surface area contributed by atoms with Crippen LogP contribution in [0.3, 0.4) is 0 Å². The molecule has 6 nitrogen and oxygen atoms in total. The SMILES string of the molecule is CC(CN1C(=O)C=CC1=O)CC(C)(C)CN1C(=O)C=CC1=O. The van der Waals surface area contributed by atoms with Crippen LogP contribution in [0.5, 0.6) is 0 Å². The van der Waals surface area contributed by atoms with E-state index in [1.807, 2.05) is 20.8 Å². The van der Waals surface area contributed by atoms with Crippen molar-refractivity contribution in [3.8, 4) is 0 Å². The van der Waals surface area contributed by atoms with Crippen molar-refractivity contribution in [3.05, 3.63) is 24.3 Å². The highest BCUT2D eigenvalue weighted by Crippen LogP contribution is 2.28. The molecule has 0 aromatic rings. The Labute approximate surface area is 129 Å². The number of rotatable bonds is 6. The van der Waals surface area contributed by atoms with Crippen molar-refractivity contribution >= 4 is 23.6 Å². The molecule has 0 N–H and O–H groups in total. The van der Waals surface area contributed by atoms with Gasteiger partial charge in [0.1, 0.15) is 0 Å². The van der Waals surface area contributed by atoms with Crippen molar-refractivity contribution < 1.29 is 19.2 Å². The van der Waals surface area contributed by atoms with Crippen LogP contribution in [0.4, 0.5) is 0 Å². The third kappa shape index (κ3) is 3.50. The maximum Gasteiger partial charge on any atom is 0.253 e. The van der Waals surface area contributed by atoms with Crippen LogP contribution in [0.2, 0.25) is 0 Å². The van der Waals surface area contributed by atoms with Gasteiger partial charge in [0.05, 0.1) is 0 Å². The molecule has 6 heteroatoms. The molecule has 0 saturated heterocycles. The Hall–Kier alpha value is -2.24. The first-order valence-electron chi connectivity index (χ1n) is 7.27. The minimum absolute atomic E-state index is 0.0727. The average Bonchev–Trinajstić information content (AvgIpc) is 2.88. The summed E-state index contributed by atoms with van der Waals surface area (Å²) in [7, 11) is 0. The number of hydrogen-bond acceptors (Lipinski definition) is 4. The Morgan fingerprint density at radius 2 is 1.27 bits per heavy atom. The number of nitrogens with zero attached hydrogens (tertiary/aromatic N) is 2. The van der Waals surface area contributed by atoms with Gasteiger partial charge in [0.15, 0.2) is 0 Å². The fourth-order valence-corrected chi connectivity index (χ4v) is 3.01. The van der Waals surface area contributed by atoms with Crippen molar-refractivity contribution in [2.24, 2.45) is 11.3 Å². The Balaban J connectivity index is 1.91. The zero-order valence-electron chi connectivity index (χ0n) is 13.0. The highest BCUT2D eigenvalue weighted by Gasteiger charge is 2.33. The van der Waals surface area contributed by atoms with Gasteiger partial charge in [-0.1, -0.05) is 20.8 Å². The molecule has 22 heavy (non-hydrogen) atoms. The van der Waals surface area contributed by atoms with Gasteiger partial charge in [-0.15, -0.1) is 0 Å². The van der Waals surface area contributed by atoms with E-state index < -0.39 is 0 Å². The van der Waals surface area contributed by atoms with E-state index in [1.165, 1.54) is 34.1 Å². The van der Waals surface area contributed by atoms with Crippen LogP contribution >= 0.6 is 0 Å². The molecular formula is C16H20N2O4. The molecule has 4 amide bonds. The third-order valence-electron chi connectivity index (χ3n) is 3.78. The van der Waals surface area contributed by atoms with Gasteiger partial charge in [-0.25, -0.2) is 0 Å². The second kappa shape index (κ2) is 5.87. The molecule has 0 spiro atoms. The molecule has 0 bridgehead atoms. The lowest BCUT2D eigenvalue weighted by Gasteiger charge is -2.32. The first kappa shape index (κ1) is 16.1. The minimum atomic E-state index is -0.296. The van der Waals surface area contributed by atoms with Gasteiger partial charge >= 0.3 is 0 Å². The molecule has 2 aliphatic heterocycles. The summed E-state index contributed by atoms with van der Waals surface area (Å²) in [5, 5.41) is 0. The van der Waals surface area contributed by atoms with Crippen LogP contribution < -0.4 is 0 Å². The summed E-state index contributed by atoms with van der Waals surface area (Å²) < 4.78 is 0. The summed E-state index contributed by atoms with van der Waals surface area (Å²) in [4.78, 5) is 48.8. The zero-order chi connectivity index (χ0) is 16.5. The van der Waals surface area contributed by atoms with Crippen LogP contribution in [-0.4, -0.2) is 46.5 Å². The van der Waals surface area contributed by atoms with E-state index in [0.29, 0.717) is 19.5 Å². The monoisotopic (exact) mass is 304 g/mol. The maximum absolute atomic E-state index is 11.6. The fourth-order valence-electron chi connectivity index (χ4n) is 3.01. The van der Waals surface area contributed by atoms with Crippen molar-refractivity contribution in [2.45, 2.75) is 27.2 Å². The second-order valence-corrected chi connectivity index (χ2v) is 6.69. The molecule has 2 aliphatic rings. The molecule has 118 valence electrons. The van der Waals surface area contributed by atoms with Crippen LogP contribution in [0, 0.1) is 11.3 Å². The van der Waals surface area contributed by atoms with Gasteiger partial charge in [0.25, 0.3) is 23.6 Å². The summed E-state index contributed by atoms with van der Waals surface area (Å²) in [5.41, 5.74) is -0.296. The molecule has 0 aromatic heterocycles. The lowest BCUT2D eigenvalue weighted by molar-refractivity contribution is -0.138. The van der Waals surface area contributed by atoms with Gasteiger partial charge in [-0.3, -0.25) is 29.0 Å². The molecular weight excluding hydrogens is 284 g/mol. The van der Waals surface area contributed by atoms with Gasteiger partial charge in [-0.2, -0.15) is 0 Å². The number of carbonyl (C=O) groups excluding carboxylic acids is 4. The molecule has 0 fully saturated rings. The number of imide groups is 2. The number of carbonyl (C=O) groups is 4. The van der Waals surface area contributed by atoms with E-state index in [1.54, 1.807) is 0 Å². The van der Waals surface area contributed by atoms with Crippen LogP contribution in [-0.2, 0) is 19.2 Å². The predicted octanol–water partition coefficient (Wildman–Crippen LogP) is 0.889. The summed E-state index contributed by atoms with van der Waals surface area (Å²) in [6.45, 7) is 6.55. The number of hydrogen-bond donors (Lipinski definition) is 0. The van der Waals surface area contributed by atoms with E-state index in [4.69, 9.17) is 0 Å². The summed E-state index contributed by atoms with van der Waals surface area (Å²) in [5.74, 6) is -1.09. The Morgan fingerprint density at radius 1 is 0.864 bits per heavy atom. The molecule has 1 atom stereocenters. The molecule has 2 heterocycles. The van der Waals surface area contributed by atoms with Gasteiger partial charge in [0, 0.05) is 37.4 Å². The van der Waals surface area contributed by atoms with Crippen molar-refractivity contribution in [2.75, 3.05) is 13.1 Å². The summed E-state index contributed by atoms with van der Waals surface area (Å²) >= 11 is 0. The largest absolute Gasteiger partial charge is 0.275 e. The van der Waals surface area contributed by atoms with E-state index in [9.17, 15) is 19.2 Å². The van der Waals surface area contributed by atoms with E-state index >= 15 is 0 Å². The second-order valence-electron chi connectivity index (χ2n) is 6.69. The van der Waals surface area contributed by atoms with Crippen LogP contribution in [0.25, 0.3) is 0 Å². The van der Waals surface area contributed by atoms with Gasteiger partial charge in [0.2, 0.25) is 0 Å². The van der Waals surface area contributed by atoms with Crippen molar-refractivity contribution in [3.63, 3.8) is 0 Å². The van der Waals surface area contributed by atoms with Gasteiger partial charge < -0.3 is 0 Å². The van der Waals surface area contributed by atoms with Crippen LogP contribution in [0.1, 0.15) is 27.2 Å². The summed E-state index contributed by atoms with van der Waals surface area (Å²) in [6, 6.07) is 0. The van der Waals surface area contributed by atoms with Crippen molar-refractivity contribution in [1.82, 2.24) is 9.80 Å². The molecule has 1 unspecified atom stereocenters. The maximum atomic E-state index is 11.6. The normalized spacial score (nSPS) is 19.8. The quantitative estimate of drug-likeness (QED) is 0.683. The Bertz CT molecular complexity index is 553. The highest BCUT2D eigenvalue weighted by atomic mass is 16.2.